The molecule has 0 radical (unpaired) electrons. The smallest absolute Gasteiger partial charge is 0.0957 e. The number of aliphatic hydroxyl groups is 1. The molecule has 0 fully saturated rings. The third-order valence-corrected chi connectivity index (χ3v) is 3.87. The Bertz CT molecular complexity index is 496. The van der Waals surface area contributed by atoms with E-state index in [1.807, 2.05) is 31.2 Å². The van der Waals surface area contributed by atoms with E-state index in [1.165, 1.54) is 0 Å². The quantitative estimate of drug-likeness (QED) is 0.911. The van der Waals surface area contributed by atoms with Crippen molar-refractivity contribution in [3.63, 3.8) is 0 Å². The van der Waals surface area contributed by atoms with E-state index in [-0.39, 0.29) is 6.61 Å². The van der Waals surface area contributed by atoms with Crippen LogP contribution < -0.4 is 0 Å². The number of aromatic nitrogens is 1. The van der Waals surface area contributed by atoms with Crippen LogP contribution in [-0.4, -0.2) is 16.7 Å². The van der Waals surface area contributed by atoms with Crippen molar-refractivity contribution in [3.8, 4) is 10.4 Å². The Kier molecular flexibility index (Phi) is 3.59. The molecule has 0 saturated heterocycles. The number of benzene rings is 1. The summed E-state index contributed by atoms with van der Waals surface area (Å²) in [7, 11) is 0. The van der Waals surface area contributed by atoms with Crippen LogP contribution in [0, 0.1) is 6.92 Å². The van der Waals surface area contributed by atoms with Crippen LogP contribution in [0.4, 0.5) is 0 Å². The number of hydrogen-bond acceptors (Lipinski definition) is 3. The summed E-state index contributed by atoms with van der Waals surface area (Å²) in [5.74, 6) is 0. The summed E-state index contributed by atoms with van der Waals surface area (Å²) in [6.07, 6.45) is 0.607. The molecule has 0 saturated carbocycles. The average Bonchev–Trinajstić information content (AvgIpc) is 2.61. The van der Waals surface area contributed by atoms with Gasteiger partial charge in [0.2, 0.25) is 0 Å². The molecule has 2 nitrogen and oxygen atoms in total. The monoisotopic (exact) mass is 253 g/mol. The SMILES string of the molecule is Cc1nc(CCO)sc1-c1ccccc1Cl. The van der Waals surface area contributed by atoms with Crippen molar-refractivity contribution >= 4 is 22.9 Å². The van der Waals surface area contributed by atoms with E-state index in [1.54, 1.807) is 11.3 Å². The largest absolute Gasteiger partial charge is 0.396 e. The molecule has 16 heavy (non-hydrogen) atoms. The van der Waals surface area contributed by atoms with Gasteiger partial charge in [-0.05, 0) is 13.0 Å². The van der Waals surface area contributed by atoms with Gasteiger partial charge in [-0.3, -0.25) is 0 Å². The highest BCUT2D eigenvalue weighted by Gasteiger charge is 2.11. The second kappa shape index (κ2) is 4.95. The molecule has 2 rings (SSSR count). The number of aliphatic hydroxyl groups excluding tert-OH is 1. The molecule has 0 amide bonds. The number of halogens is 1. The predicted molar refractivity (Wildman–Crippen MR) is 68.1 cm³/mol. The van der Waals surface area contributed by atoms with E-state index in [0.29, 0.717) is 6.42 Å². The van der Waals surface area contributed by atoms with E-state index in [0.717, 1.165) is 26.2 Å². The normalized spacial score (nSPS) is 10.7. The summed E-state index contributed by atoms with van der Waals surface area (Å²) in [6.45, 7) is 2.10. The minimum atomic E-state index is 0.134. The van der Waals surface area contributed by atoms with Gasteiger partial charge in [-0.25, -0.2) is 4.98 Å². The minimum Gasteiger partial charge on any atom is -0.396 e. The van der Waals surface area contributed by atoms with Crippen molar-refractivity contribution < 1.29 is 5.11 Å². The minimum absolute atomic E-state index is 0.134. The number of nitrogens with zero attached hydrogens (tertiary/aromatic N) is 1. The molecule has 1 aromatic heterocycles. The summed E-state index contributed by atoms with van der Waals surface area (Å²) < 4.78 is 0. The van der Waals surface area contributed by atoms with Crippen molar-refractivity contribution in [2.45, 2.75) is 13.3 Å². The molecule has 1 heterocycles. The fraction of sp³-hybridized carbons (Fsp3) is 0.250. The fourth-order valence-electron chi connectivity index (χ4n) is 1.55. The Labute approximate surface area is 104 Å². The number of aryl methyl sites for hydroxylation is 1. The molecule has 0 spiro atoms. The summed E-state index contributed by atoms with van der Waals surface area (Å²) >= 11 is 7.74. The molecule has 2 aromatic rings. The number of hydrogen-bond donors (Lipinski definition) is 1. The molecular weight excluding hydrogens is 242 g/mol. The maximum Gasteiger partial charge on any atom is 0.0957 e. The van der Waals surface area contributed by atoms with Crippen molar-refractivity contribution in [1.82, 2.24) is 4.98 Å². The third kappa shape index (κ3) is 2.26. The Balaban J connectivity index is 2.44. The van der Waals surface area contributed by atoms with E-state index < -0.39 is 0 Å². The molecule has 1 N–H and O–H groups in total. The lowest BCUT2D eigenvalue weighted by molar-refractivity contribution is 0.299. The van der Waals surface area contributed by atoms with Crippen molar-refractivity contribution in [2.75, 3.05) is 6.61 Å². The Hall–Kier alpha value is -0.900. The third-order valence-electron chi connectivity index (χ3n) is 2.29. The fourth-order valence-corrected chi connectivity index (χ4v) is 2.93. The molecule has 84 valence electrons. The van der Waals surface area contributed by atoms with E-state index >= 15 is 0 Å². The van der Waals surface area contributed by atoms with Crippen molar-refractivity contribution in [2.24, 2.45) is 0 Å². The molecule has 0 unspecified atom stereocenters. The summed E-state index contributed by atoms with van der Waals surface area (Å²) in [5.41, 5.74) is 1.99. The zero-order valence-corrected chi connectivity index (χ0v) is 10.5. The molecule has 0 aliphatic rings. The molecule has 0 bridgehead atoms. The van der Waals surface area contributed by atoms with Crippen molar-refractivity contribution in [3.05, 3.63) is 40.0 Å². The molecule has 0 atom stereocenters. The van der Waals surface area contributed by atoms with Gasteiger partial charge < -0.3 is 5.11 Å². The molecule has 1 aromatic carbocycles. The Morgan fingerprint density at radius 2 is 2.12 bits per heavy atom. The molecule has 0 aliphatic heterocycles. The summed E-state index contributed by atoms with van der Waals surface area (Å²) in [6, 6.07) is 7.75. The Morgan fingerprint density at radius 3 is 2.81 bits per heavy atom. The van der Waals surface area contributed by atoms with Crippen molar-refractivity contribution in [1.29, 1.82) is 0 Å². The zero-order valence-electron chi connectivity index (χ0n) is 8.90. The zero-order chi connectivity index (χ0) is 11.5. The molecule has 0 aliphatic carbocycles. The van der Waals surface area contributed by atoms with Gasteiger partial charge in [0.1, 0.15) is 0 Å². The standard InChI is InChI=1S/C12H12ClNOS/c1-8-12(16-11(14-8)6-7-15)9-4-2-3-5-10(9)13/h2-5,15H,6-7H2,1H3. The maximum atomic E-state index is 8.89. The first kappa shape index (κ1) is 11.6. The second-order valence-electron chi connectivity index (χ2n) is 3.48. The first-order valence-corrected chi connectivity index (χ1v) is 6.24. The van der Waals surface area contributed by atoms with Crippen LogP contribution in [0.3, 0.4) is 0 Å². The number of thiazole rings is 1. The first-order chi connectivity index (χ1) is 7.72. The molecule has 4 heteroatoms. The van der Waals surface area contributed by atoms with Gasteiger partial charge in [0.15, 0.2) is 0 Å². The lowest BCUT2D eigenvalue weighted by Gasteiger charge is -2.00. The van der Waals surface area contributed by atoms with Gasteiger partial charge in [0.05, 0.1) is 15.6 Å². The summed E-state index contributed by atoms with van der Waals surface area (Å²) in [5, 5.41) is 10.6. The van der Waals surface area contributed by atoms with E-state index in [4.69, 9.17) is 16.7 Å². The van der Waals surface area contributed by atoms with Crippen LogP contribution >= 0.6 is 22.9 Å². The van der Waals surface area contributed by atoms with Gasteiger partial charge in [-0.15, -0.1) is 11.3 Å². The van der Waals surface area contributed by atoms with Gasteiger partial charge in [0.25, 0.3) is 0 Å². The van der Waals surface area contributed by atoms with Crippen LogP contribution in [-0.2, 0) is 6.42 Å². The summed E-state index contributed by atoms with van der Waals surface area (Å²) in [4.78, 5) is 5.51. The average molecular weight is 254 g/mol. The lowest BCUT2D eigenvalue weighted by Crippen LogP contribution is -1.88. The van der Waals surface area contributed by atoms with Gasteiger partial charge in [-0.2, -0.15) is 0 Å². The van der Waals surface area contributed by atoms with Crippen LogP contribution in [0.25, 0.3) is 10.4 Å². The highest BCUT2D eigenvalue weighted by Crippen LogP contribution is 2.34. The predicted octanol–water partition coefficient (Wildman–Crippen LogP) is 3.31. The molecular formula is C12H12ClNOS. The van der Waals surface area contributed by atoms with Gasteiger partial charge in [0, 0.05) is 23.6 Å². The maximum absolute atomic E-state index is 8.89. The second-order valence-corrected chi connectivity index (χ2v) is 4.97. The van der Waals surface area contributed by atoms with Crippen LogP contribution in [0.2, 0.25) is 5.02 Å². The highest BCUT2D eigenvalue weighted by molar-refractivity contribution is 7.15. The van der Waals surface area contributed by atoms with E-state index in [9.17, 15) is 0 Å². The van der Waals surface area contributed by atoms with Crippen LogP contribution in [0.15, 0.2) is 24.3 Å². The van der Waals surface area contributed by atoms with Gasteiger partial charge in [-0.1, -0.05) is 29.8 Å². The van der Waals surface area contributed by atoms with Gasteiger partial charge >= 0.3 is 0 Å². The topological polar surface area (TPSA) is 33.1 Å². The lowest BCUT2D eigenvalue weighted by atomic mass is 10.2. The van der Waals surface area contributed by atoms with E-state index in [2.05, 4.69) is 4.98 Å². The van der Waals surface area contributed by atoms with Crippen LogP contribution in [0.1, 0.15) is 10.7 Å². The Morgan fingerprint density at radius 1 is 1.38 bits per heavy atom. The van der Waals surface area contributed by atoms with Crippen LogP contribution in [0.5, 0.6) is 0 Å². The number of rotatable bonds is 3. The highest BCUT2D eigenvalue weighted by atomic mass is 35.5. The first-order valence-electron chi connectivity index (χ1n) is 5.04.